The first-order chi connectivity index (χ1) is 7.54. The molecule has 0 fully saturated rings. The molecular weight excluding hydrogens is 226 g/mol. The molecule has 0 aromatic heterocycles. The first-order valence-corrected chi connectivity index (χ1v) is 5.97. The van der Waals surface area contributed by atoms with E-state index in [9.17, 15) is 9.59 Å². The van der Waals surface area contributed by atoms with Gasteiger partial charge in [-0.25, -0.2) is 4.79 Å². The number of allylic oxidation sites excluding steroid dienone is 1. The van der Waals surface area contributed by atoms with E-state index in [1.165, 1.54) is 11.8 Å². The molecule has 0 aliphatic heterocycles. The van der Waals surface area contributed by atoms with Gasteiger partial charge in [0.05, 0.1) is 0 Å². The molecule has 0 bridgehead atoms. The minimum absolute atomic E-state index is 0.104. The number of rotatable bonds is 7. The zero-order valence-electron chi connectivity index (χ0n) is 9.72. The molecule has 0 aliphatic carbocycles. The summed E-state index contributed by atoms with van der Waals surface area (Å²) in [7, 11) is 0. The molecule has 0 heterocycles. The van der Waals surface area contributed by atoms with Gasteiger partial charge in [0.1, 0.15) is 6.04 Å². The number of unbranched alkanes of at least 4 members (excludes halogenated alkanes) is 2. The van der Waals surface area contributed by atoms with Crippen LogP contribution in [0.15, 0.2) is 12.3 Å². The van der Waals surface area contributed by atoms with Gasteiger partial charge in [-0.1, -0.05) is 25.8 Å². The first kappa shape index (κ1) is 15.0. The van der Waals surface area contributed by atoms with E-state index in [0.717, 1.165) is 19.3 Å². The normalized spacial score (nSPS) is 12.7. The highest BCUT2D eigenvalue weighted by atomic mass is 32.1. The van der Waals surface area contributed by atoms with Gasteiger partial charge in [-0.3, -0.25) is 4.79 Å². The fraction of sp³-hybridized carbons (Fsp3) is 0.636. The van der Waals surface area contributed by atoms with Gasteiger partial charge in [0.2, 0.25) is 5.91 Å². The number of carbonyl (C=O) groups excluding carboxylic acids is 1. The van der Waals surface area contributed by atoms with Crippen LogP contribution in [0.5, 0.6) is 0 Å². The molecule has 16 heavy (non-hydrogen) atoms. The largest absolute Gasteiger partial charge is 0.480 e. The quantitative estimate of drug-likeness (QED) is 0.532. The van der Waals surface area contributed by atoms with E-state index in [0.29, 0.717) is 0 Å². The summed E-state index contributed by atoms with van der Waals surface area (Å²) in [6, 6.07) is -0.890. The van der Waals surface area contributed by atoms with Crippen molar-refractivity contribution in [3.63, 3.8) is 0 Å². The number of hydrogen-bond donors (Lipinski definition) is 2. The van der Waals surface area contributed by atoms with Crippen LogP contribution in [0.4, 0.5) is 0 Å². The Morgan fingerprint density at radius 1 is 1.50 bits per heavy atom. The maximum absolute atomic E-state index is 11.3. The van der Waals surface area contributed by atoms with Crippen LogP contribution >= 0.6 is 12.6 Å². The summed E-state index contributed by atoms with van der Waals surface area (Å²) in [6.07, 6.45) is 6.32. The van der Waals surface area contributed by atoms with Gasteiger partial charge >= 0.3 is 5.97 Å². The Hall–Kier alpha value is -0.970. The highest BCUT2D eigenvalue weighted by molar-refractivity contribution is 7.80. The second-order valence-corrected chi connectivity index (χ2v) is 3.86. The van der Waals surface area contributed by atoms with E-state index < -0.39 is 12.0 Å². The zero-order valence-corrected chi connectivity index (χ0v) is 10.6. The lowest BCUT2D eigenvalue weighted by molar-refractivity contribution is -0.146. The smallest absolute Gasteiger partial charge is 0.327 e. The highest BCUT2D eigenvalue weighted by Gasteiger charge is 2.24. The van der Waals surface area contributed by atoms with E-state index in [2.05, 4.69) is 19.6 Å². The third kappa shape index (κ3) is 5.21. The number of thiol groups is 1. The molecule has 1 N–H and O–H groups in total. The molecule has 1 amide bonds. The third-order valence-electron chi connectivity index (χ3n) is 2.15. The van der Waals surface area contributed by atoms with Crippen molar-refractivity contribution >= 4 is 24.5 Å². The van der Waals surface area contributed by atoms with Crippen molar-refractivity contribution in [2.75, 3.05) is 5.75 Å². The van der Waals surface area contributed by atoms with Crippen molar-refractivity contribution in [3.8, 4) is 0 Å². The van der Waals surface area contributed by atoms with Gasteiger partial charge in [0.25, 0.3) is 0 Å². The van der Waals surface area contributed by atoms with Crippen molar-refractivity contribution in [2.24, 2.45) is 0 Å². The number of nitrogens with zero attached hydrogens (tertiary/aromatic N) is 1. The fourth-order valence-corrected chi connectivity index (χ4v) is 1.56. The summed E-state index contributed by atoms with van der Waals surface area (Å²) >= 11 is 3.94. The number of carboxylic acid groups (broad SMARTS) is 1. The van der Waals surface area contributed by atoms with E-state index in [1.54, 1.807) is 6.20 Å². The summed E-state index contributed by atoms with van der Waals surface area (Å²) in [5.74, 6) is -1.22. The molecule has 0 saturated heterocycles. The number of hydrogen-bond acceptors (Lipinski definition) is 3. The summed E-state index contributed by atoms with van der Waals surface area (Å²) in [6.45, 7) is 3.42. The molecule has 0 radical (unpaired) electrons. The van der Waals surface area contributed by atoms with Crippen LogP contribution < -0.4 is 0 Å². The summed E-state index contributed by atoms with van der Waals surface area (Å²) < 4.78 is 0. The molecule has 1 unspecified atom stereocenters. The molecule has 1 atom stereocenters. The lowest BCUT2D eigenvalue weighted by Crippen LogP contribution is -2.41. The van der Waals surface area contributed by atoms with E-state index >= 15 is 0 Å². The van der Waals surface area contributed by atoms with Crippen molar-refractivity contribution in [3.05, 3.63) is 12.3 Å². The second-order valence-electron chi connectivity index (χ2n) is 3.49. The van der Waals surface area contributed by atoms with Gasteiger partial charge in [-0.2, -0.15) is 12.6 Å². The average Bonchev–Trinajstić information content (AvgIpc) is 2.21. The molecule has 0 aromatic rings. The fourth-order valence-electron chi connectivity index (χ4n) is 1.22. The maximum Gasteiger partial charge on any atom is 0.327 e. The van der Waals surface area contributed by atoms with Gasteiger partial charge in [0.15, 0.2) is 0 Å². The van der Waals surface area contributed by atoms with Crippen LogP contribution in [0.1, 0.15) is 33.1 Å². The van der Waals surface area contributed by atoms with Gasteiger partial charge in [-0.15, -0.1) is 0 Å². The Labute approximate surface area is 102 Å². The number of carboxylic acids is 1. The Morgan fingerprint density at radius 3 is 2.50 bits per heavy atom. The predicted molar refractivity (Wildman–Crippen MR) is 66.5 cm³/mol. The number of carbonyl (C=O) groups is 2. The molecule has 0 saturated carbocycles. The number of amides is 1. The van der Waals surface area contributed by atoms with Crippen LogP contribution in [-0.4, -0.2) is 33.7 Å². The summed E-state index contributed by atoms with van der Waals surface area (Å²) in [5.41, 5.74) is 0. The average molecular weight is 245 g/mol. The van der Waals surface area contributed by atoms with Gasteiger partial charge in [0, 0.05) is 18.9 Å². The second kappa shape index (κ2) is 8.21. The Kier molecular flexibility index (Phi) is 7.72. The Bertz CT molecular complexity index is 266. The van der Waals surface area contributed by atoms with Crippen LogP contribution in [0.3, 0.4) is 0 Å². The Morgan fingerprint density at radius 2 is 2.12 bits per heavy atom. The third-order valence-corrected chi connectivity index (χ3v) is 2.49. The van der Waals surface area contributed by atoms with Crippen molar-refractivity contribution in [1.82, 2.24) is 4.90 Å². The first-order valence-electron chi connectivity index (χ1n) is 5.33. The molecular formula is C11H19NO3S. The van der Waals surface area contributed by atoms with Crippen molar-refractivity contribution in [2.45, 2.75) is 39.2 Å². The summed E-state index contributed by atoms with van der Waals surface area (Å²) in [4.78, 5) is 23.4. The highest BCUT2D eigenvalue weighted by Crippen LogP contribution is 2.06. The molecule has 92 valence electrons. The topological polar surface area (TPSA) is 57.6 Å². The van der Waals surface area contributed by atoms with Crippen LogP contribution in [0, 0.1) is 0 Å². The lowest BCUT2D eigenvalue weighted by Gasteiger charge is -2.22. The minimum atomic E-state index is -1.04. The zero-order chi connectivity index (χ0) is 12.6. The van der Waals surface area contributed by atoms with E-state index in [1.807, 2.05) is 6.08 Å². The SMILES string of the molecule is CCCCC=CN(C(C)=O)C(CS)C(=O)O. The molecule has 4 nitrogen and oxygen atoms in total. The maximum atomic E-state index is 11.3. The van der Waals surface area contributed by atoms with E-state index in [-0.39, 0.29) is 11.7 Å². The Balaban J connectivity index is 4.53. The van der Waals surface area contributed by atoms with Crippen LogP contribution in [-0.2, 0) is 9.59 Å². The van der Waals surface area contributed by atoms with Crippen LogP contribution in [0.25, 0.3) is 0 Å². The minimum Gasteiger partial charge on any atom is -0.480 e. The van der Waals surface area contributed by atoms with Gasteiger partial charge in [-0.05, 0) is 6.42 Å². The molecule has 5 heteroatoms. The van der Waals surface area contributed by atoms with Crippen LogP contribution in [0.2, 0.25) is 0 Å². The summed E-state index contributed by atoms with van der Waals surface area (Å²) in [5, 5.41) is 8.92. The molecule has 0 rings (SSSR count). The van der Waals surface area contributed by atoms with Crippen molar-refractivity contribution in [1.29, 1.82) is 0 Å². The van der Waals surface area contributed by atoms with Gasteiger partial charge < -0.3 is 10.0 Å². The monoisotopic (exact) mass is 245 g/mol. The molecule has 0 spiro atoms. The van der Waals surface area contributed by atoms with Crippen molar-refractivity contribution < 1.29 is 14.7 Å². The standard InChI is InChI=1S/C11H19NO3S/c1-3-4-5-6-7-12(9(2)13)10(8-16)11(14)15/h6-7,10,16H,3-5,8H2,1-2H3,(H,14,15). The van der Waals surface area contributed by atoms with E-state index in [4.69, 9.17) is 5.11 Å². The molecule has 0 aromatic carbocycles. The lowest BCUT2D eigenvalue weighted by atomic mass is 10.2. The number of aliphatic carboxylic acids is 1. The molecule has 0 aliphatic rings. The predicted octanol–water partition coefficient (Wildman–Crippen LogP) is 1.92.